The van der Waals surface area contributed by atoms with Gasteiger partial charge >= 0.3 is 6.18 Å². The van der Waals surface area contributed by atoms with Gasteiger partial charge in [0.15, 0.2) is 0 Å². The first-order valence-corrected chi connectivity index (χ1v) is 4.97. The Morgan fingerprint density at radius 2 is 1.69 bits per heavy atom. The molecule has 90 valence electrons. The third kappa shape index (κ3) is 3.59. The first-order valence-electron chi connectivity index (χ1n) is 4.97. The molecular formula is C11H13ClF3N. The second-order valence-electron chi connectivity index (χ2n) is 3.90. The highest BCUT2D eigenvalue weighted by atomic mass is 35.5. The highest BCUT2D eigenvalue weighted by Crippen LogP contribution is 2.31. The smallest absolute Gasteiger partial charge is 0.385 e. The SMILES string of the molecule is Cl.FC(F)(F)c1ccc(NCC2CC2)cc1. The van der Waals surface area contributed by atoms with E-state index in [1.807, 2.05) is 0 Å². The van der Waals surface area contributed by atoms with Crippen molar-refractivity contribution in [2.75, 3.05) is 11.9 Å². The van der Waals surface area contributed by atoms with Crippen molar-refractivity contribution in [3.63, 3.8) is 0 Å². The Balaban J connectivity index is 0.00000128. The fraction of sp³-hybridized carbons (Fsp3) is 0.455. The summed E-state index contributed by atoms with van der Waals surface area (Å²) >= 11 is 0. The quantitative estimate of drug-likeness (QED) is 0.858. The molecule has 1 aromatic carbocycles. The van der Waals surface area contributed by atoms with Gasteiger partial charge in [0.05, 0.1) is 5.56 Å². The van der Waals surface area contributed by atoms with E-state index in [2.05, 4.69) is 5.32 Å². The minimum atomic E-state index is -4.24. The van der Waals surface area contributed by atoms with Crippen molar-refractivity contribution in [1.82, 2.24) is 0 Å². The van der Waals surface area contributed by atoms with Crippen LogP contribution in [0.5, 0.6) is 0 Å². The van der Waals surface area contributed by atoms with Crippen molar-refractivity contribution in [3.8, 4) is 0 Å². The van der Waals surface area contributed by atoms with Crippen LogP contribution in [0, 0.1) is 5.92 Å². The summed E-state index contributed by atoms with van der Waals surface area (Å²) in [5.41, 5.74) is 0.161. The Morgan fingerprint density at radius 3 is 2.12 bits per heavy atom. The summed E-state index contributed by atoms with van der Waals surface area (Å²) in [6.07, 6.45) is -1.78. The molecule has 0 aromatic heterocycles. The predicted molar refractivity (Wildman–Crippen MR) is 59.9 cm³/mol. The number of anilines is 1. The minimum absolute atomic E-state index is 0. The molecule has 0 atom stereocenters. The zero-order valence-corrected chi connectivity index (χ0v) is 9.37. The van der Waals surface area contributed by atoms with Crippen molar-refractivity contribution >= 4 is 18.1 Å². The summed E-state index contributed by atoms with van der Waals surface area (Å²) < 4.78 is 36.7. The number of halogens is 4. The molecular weight excluding hydrogens is 239 g/mol. The summed E-state index contributed by atoms with van der Waals surface area (Å²) in [6, 6.07) is 5.17. The molecule has 0 heterocycles. The lowest BCUT2D eigenvalue weighted by molar-refractivity contribution is -0.137. The Morgan fingerprint density at radius 1 is 1.12 bits per heavy atom. The standard InChI is InChI=1S/C11H12F3N.ClH/c12-11(13,14)9-3-5-10(6-4-9)15-7-8-1-2-8;/h3-6,8,15H,1-2,7H2;1H. The van der Waals surface area contributed by atoms with Crippen LogP contribution in [-0.2, 0) is 6.18 Å². The molecule has 0 radical (unpaired) electrons. The second kappa shape index (κ2) is 4.95. The van der Waals surface area contributed by atoms with Crippen LogP contribution in [0.1, 0.15) is 18.4 Å². The summed E-state index contributed by atoms with van der Waals surface area (Å²) in [4.78, 5) is 0. The molecule has 16 heavy (non-hydrogen) atoms. The molecule has 0 unspecified atom stereocenters. The minimum Gasteiger partial charge on any atom is -0.385 e. The Labute approximate surface area is 98.4 Å². The number of alkyl halides is 3. The third-order valence-electron chi connectivity index (χ3n) is 2.50. The molecule has 1 aromatic rings. The number of hydrogen-bond acceptors (Lipinski definition) is 1. The topological polar surface area (TPSA) is 12.0 Å². The maximum Gasteiger partial charge on any atom is 0.416 e. The predicted octanol–water partition coefficient (Wildman–Crippen LogP) is 3.95. The zero-order valence-electron chi connectivity index (χ0n) is 8.55. The first-order chi connectivity index (χ1) is 7.05. The Bertz CT molecular complexity index is 330. The van der Waals surface area contributed by atoms with Crippen LogP contribution >= 0.6 is 12.4 Å². The van der Waals surface area contributed by atoms with Crippen molar-refractivity contribution in [2.24, 2.45) is 5.92 Å². The van der Waals surface area contributed by atoms with Crippen LogP contribution in [0.2, 0.25) is 0 Å². The monoisotopic (exact) mass is 251 g/mol. The number of hydrogen-bond donors (Lipinski definition) is 1. The molecule has 1 aliphatic carbocycles. The van der Waals surface area contributed by atoms with Crippen molar-refractivity contribution < 1.29 is 13.2 Å². The third-order valence-corrected chi connectivity index (χ3v) is 2.50. The van der Waals surface area contributed by atoms with Gasteiger partial charge in [-0.25, -0.2) is 0 Å². The highest BCUT2D eigenvalue weighted by molar-refractivity contribution is 5.85. The lowest BCUT2D eigenvalue weighted by Gasteiger charge is -2.08. The molecule has 1 fully saturated rings. The fourth-order valence-electron chi connectivity index (χ4n) is 1.36. The number of nitrogens with one attached hydrogen (secondary N) is 1. The molecule has 0 spiro atoms. The zero-order chi connectivity index (χ0) is 10.9. The van der Waals surface area contributed by atoms with Gasteiger partial charge in [-0.15, -0.1) is 12.4 Å². The number of rotatable bonds is 3. The van der Waals surface area contributed by atoms with Crippen LogP contribution in [0.3, 0.4) is 0 Å². The van der Waals surface area contributed by atoms with E-state index >= 15 is 0 Å². The molecule has 0 aliphatic heterocycles. The van der Waals surface area contributed by atoms with Gasteiger partial charge in [-0.3, -0.25) is 0 Å². The molecule has 5 heteroatoms. The van der Waals surface area contributed by atoms with E-state index in [-0.39, 0.29) is 12.4 Å². The van der Waals surface area contributed by atoms with Crippen LogP contribution in [0.15, 0.2) is 24.3 Å². The van der Waals surface area contributed by atoms with Crippen LogP contribution in [0.25, 0.3) is 0 Å². The Hall–Kier alpha value is -0.900. The van der Waals surface area contributed by atoms with E-state index in [9.17, 15) is 13.2 Å². The molecule has 1 saturated carbocycles. The van der Waals surface area contributed by atoms with Gasteiger partial charge in [-0.1, -0.05) is 0 Å². The first kappa shape index (κ1) is 13.2. The molecule has 1 nitrogen and oxygen atoms in total. The lowest BCUT2D eigenvalue weighted by atomic mass is 10.2. The number of benzene rings is 1. The van der Waals surface area contributed by atoms with Gasteiger partial charge in [-0.2, -0.15) is 13.2 Å². The van der Waals surface area contributed by atoms with Gasteiger partial charge in [0, 0.05) is 12.2 Å². The van der Waals surface area contributed by atoms with Crippen LogP contribution < -0.4 is 5.32 Å². The summed E-state index contributed by atoms with van der Waals surface area (Å²) in [5, 5.41) is 3.12. The highest BCUT2D eigenvalue weighted by Gasteiger charge is 2.30. The largest absolute Gasteiger partial charge is 0.416 e. The van der Waals surface area contributed by atoms with Crippen molar-refractivity contribution in [3.05, 3.63) is 29.8 Å². The average Bonchev–Trinajstić information content (AvgIpc) is 2.97. The second-order valence-corrected chi connectivity index (χ2v) is 3.90. The van der Waals surface area contributed by atoms with E-state index in [0.717, 1.165) is 24.4 Å². The van der Waals surface area contributed by atoms with Gasteiger partial charge < -0.3 is 5.32 Å². The average molecular weight is 252 g/mol. The van der Waals surface area contributed by atoms with Gasteiger partial charge in [-0.05, 0) is 43.0 Å². The molecule has 0 bridgehead atoms. The normalized spacial score (nSPS) is 15.4. The Kier molecular flexibility index (Phi) is 4.08. The maximum absolute atomic E-state index is 12.2. The van der Waals surface area contributed by atoms with E-state index in [0.29, 0.717) is 5.92 Å². The van der Waals surface area contributed by atoms with Crippen LogP contribution in [-0.4, -0.2) is 6.54 Å². The van der Waals surface area contributed by atoms with E-state index in [1.54, 1.807) is 0 Å². The van der Waals surface area contributed by atoms with Crippen molar-refractivity contribution in [2.45, 2.75) is 19.0 Å². The van der Waals surface area contributed by atoms with E-state index in [1.165, 1.54) is 25.0 Å². The lowest BCUT2D eigenvalue weighted by Crippen LogP contribution is -2.06. The molecule has 0 saturated heterocycles. The maximum atomic E-state index is 12.2. The summed E-state index contributed by atoms with van der Waals surface area (Å²) in [7, 11) is 0. The summed E-state index contributed by atoms with van der Waals surface area (Å²) in [6.45, 7) is 0.866. The molecule has 0 amide bonds. The van der Waals surface area contributed by atoms with Gasteiger partial charge in [0.25, 0.3) is 0 Å². The van der Waals surface area contributed by atoms with E-state index in [4.69, 9.17) is 0 Å². The molecule has 2 rings (SSSR count). The fourth-order valence-corrected chi connectivity index (χ4v) is 1.36. The van der Waals surface area contributed by atoms with E-state index < -0.39 is 11.7 Å². The summed E-state index contributed by atoms with van der Waals surface area (Å²) in [5.74, 6) is 0.715. The molecule has 1 aliphatic rings. The van der Waals surface area contributed by atoms with Gasteiger partial charge in [0.2, 0.25) is 0 Å². The van der Waals surface area contributed by atoms with Gasteiger partial charge in [0.1, 0.15) is 0 Å². The molecule has 1 N–H and O–H groups in total. The van der Waals surface area contributed by atoms with Crippen molar-refractivity contribution in [1.29, 1.82) is 0 Å². The van der Waals surface area contributed by atoms with Crippen LogP contribution in [0.4, 0.5) is 18.9 Å².